The average molecular weight is 356 g/mol. The highest BCUT2D eigenvalue weighted by atomic mass is 32.1. The molecule has 0 atom stereocenters. The van der Waals surface area contributed by atoms with Crippen molar-refractivity contribution in [1.82, 2.24) is 5.32 Å². The molecule has 0 radical (unpaired) electrons. The number of nitrogens with one attached hydrogen (secondary N) is 1. The highest BCUT2D eigenvalue weighted by molar-refractivity contribution is 7.84. The van der Waals surface area contributed by atoms with Crippen molar-refractivity contribution in [2.45, 2.75) is 58.5 Å². The van der Waals surface area contributed by atoms with Gasteiger partial charge in [0.15, 0.2) is 0 Å². The Kier molecular flexibility index (Phi) is 4.83. The van der Waals surface area contributed by atoms with Gasteiger partial charge in [0.05, 0.1) is 5.03 Å². The lowest BCUT2D eigenvalue weighted by atomic mass is 9.78. The van der Waals surface area contributed by atoms with Crippen LogP contribution in [0.15, 0.2) is 28.8 Å². The van der Waals surface area contributed by atoms with E-state index in [4.69, 9.17) is 0 Å². The summed E-state index contributed by atoms with van der Waals surface area (Å²) in [7, 11) is 0. The highest BCUT2D eigenvalue weighted by Gasteiger charge is 2.47. The van der Waals surface area contributed by atoms with Gasteiger partial charge in [0.1, 0.15) is 17.3 Å². The summed E-state index contributed by atoms with van der Waals surface area (Å²) in [5, 5.41) is 13.1. The van der Waals surface area contributed by atoms with Crippen LogP contribution in [-0.4, -0.2) is 11.6 Å². The van der Waals surface area contributed by atoms with Gasteiger partial charge in [-0.3, -0.25) is 4.79 Å². The molecule has 5 heteroatoms. The van der Waals surface area contributed by atoms with Gasteiger partial charge in [0.25, 0.3) is 5.91 Å². The van der Waals surface area contributed by atoms with Crippen molar-refractivity contribution in [3.8, 4) is 6.07 Å². The summed E-state index contributed by atoms with van der Waals surface area (Å²) in [6.45, 7) is 6.34. The van der Waals surface area contributed by atoms with Crippen LogP contribution in [0.1, 0.15) is 50.2 Å². The van der Waals surface area contributed by atoms with Gasteiger partial charge in [0.2, 0.25) is 0 Å². The molecule has 1 aromatic carbocycles. The van der Waals surface area contributed by atoms with Crippen LogP contribution in [0.5, 0.6) is 0 Å². The van der Waals surface area contributed by atoms with Gasteiger partial charge in [-0.25, -0.2) is 0 Å². The zero-order valence-corrected chi connectivity index (χ0v) is 16.0. The minimum Gasteiger partial charge on any atom is -0.328 e. The van der Waals surface area contributed by atoms with Crippen LogP contribution >= 0.6 is 12.6 Å². The molecular formula is C20H25N3OS. The van der Waals surface area contributed by atoms with E-state index in [1.165, 1.54) is 6.42 Å². The Balaban J connectivity index is 2.14. The lowest BCUT2D eigenvalue weighted by Gasteiger charge is -2.52. The molecule has 1 aliphatic carbocycles. The Morgan fingerprint density at radius 3 is 2.64 bits per heavy atom. The highest BCUT2D eigenvalue weighted by Crippen LogP contribution is 2.44. The Bertz CT molecular complexity index is 770. The number of amides is 1. The molecule has 25 heavy (non-hydrogen) atoms. The molecule has 1 amide bonds. The van der Waals surface area contributed by atoms with Crippen molar-refractivity contribution in [2.75, 3.05) is 4.90 Å². The minimum atomic E-state index is -0.487. The number of thiol groups is 1. The van der Waals surface area contributed by atoms with Crippen molar-refractivity contribution >= 4 is 24.2 Å². The maximum Gasteiger partial charge on any atom is 0.266 e. The Labute approximate surface area is 155 Å². The first kappa shape index (κ1) is 17.9. The van der Waals surface area contributed by atoms with Crippen LogP contribution in [-0.2, 0) is 4.79 Å². The molecule has 0 bridgehead atoms. The normalized spacial score (nSPS) is 26.6. The monoisotopic (exact) mass is 355 g/mol. The van der Waals surface area contributed by atoms with Gasteiger partial charge in [0, 0.05) is 5.69 Å². The number of rotatable bonds is 2. The number of aryl methyl sites for hydroxylation is 2. The molecule has 2 aliphatic rings. The third kappa shape index (κ3) is 3.04. The van der Waals surface area contributed by atoms with Crippen molar-refractivity contribution in [1.29, 1.82) is 5.26 Å². The van der Waals surface area contributed by atoms with E-state index in [0.717, 1.165) is 42.5 Å². The third-order valence-electron chi connectivity index (χ3n) is 5.66. The molecule has 0 saturated heterocycles. The van der Waals surface area contributed by atoms with Gasteiger partial charge in [-0.1, -0.05) is 25.5 Å². The van der Waals surface area contributed by atoms with Crippen molar-refractivity contribution in [2.24, 2.45) is 5.92 Å². The quantitative estimate of drug-likeness (QED) is 0.782. The molecule has 1 aromatic rings. The summed E-state index contributed by atoms with van der Waals surface area (Å²) < 4.78 is 0. The van der Waals surface area contributed by atoms with E-state index < -0.39 is 5.66 Å². The fraction of sp³-hybridized carbons (Fsp3) is 0.500. The lowest BCUT2D eigenvalue weighted by Crippen LogP contribution is -2.65. The smallest absolute Gasteiger partial charge is 0.266 e. The van der Waals surface area contributed by atoms with Crippen molar-refractivity contribution in [3.05, 3.63) is 39.9 Å². The van der Waals surface area contributed by atoms with E-state index in [9.17, 15) is 10.1 Å². The molecule has 3 rings (SSSR count). The van der Waals surface area contributed by atoms with Gasteiger partial charge in [-0.05, 0) is 62.6 Å². The van der Waals surface area contributed by atoms with Crippen LogP contribution in [0, 0.1) is 31.1 Å². The molecule has 0 unspecified atom stereocenters. The lowest BCUT2D eigenvalue weighted by molar-refractivity contribution is -0.120. The number of carbonyl (C=O) groups is 1. The summed E-state index contributed by atoms with van der Waals surface area (Å²) in [5.74, 6) is 0.400. The number of nitrogens with zero attached hydrogens (tertiary/aromatic N) is 2. The van der Waals surface area contributed by atoms with Gasteiger partial charge in [-0.2, -0.15) is 5.26 Å². The third-order valence-corrected chi connectivity index (χ3v) is 6.09. The number of anilines is 1. The molecule has 132 valence electrons. The zero-order chi connectivity index (χ0) is 18.2. The Morgan fingerprint density at radius 2 is 2.04 bits per heavy atom. The van der Waals surface area contributed by atoms with Gasteiger partial charge < -0.3 is 10.2 Å². The minimum absolute atomic E-state index is 0.0903. The van der Waals surface area contributed by atoms with E-state index in [0.29, 0.717) is 10.9 Å². The Hall–Kier alpha value is -1.93. The van der Waals surface area contributed by atoms with Crippen molar-refractivity contribution in [3.63, 3.8) is 0 Å². The standard InChI is InChI=1S/C20H25N3OS/c1-4-15-7-9-20(10-8-15)22-18(24)16(12-21)19(25)23(20)17-11-13(2)5-6-14(17)3/h5-6,11,15,25H,4,7-10H2,1-3H3,(H,22,24). The molecule has 1 fully saturated rings. The number of hydrogen-bond acceptors (Lipinski definition) is 4. The van der Waals surface area contributed by atoms with Crippen LogP contribution < -0.4 is 10.2 Å². The number of nitriles is 1. The molecule has 1 aliphatic heterocycles. The number of benzene rings is 1. The van der Waals surface area contributed by atoms with E-state index in [1.807, 2.05) is 6.07 Å². The first-order valence-electron chi connectivity index (χ1n) is 8.95. The van der Waals surface area contributed by atoms with E-state index in [1.54, 1.807) is 0 Å². The summed E-state index contributed by atoms with van der Waals surface area (Å²) in [4.78, 5) is 14.6. The molecular weight excluding hydrogens is 330 g/mol. The maximum atomic E-state index is 12.5. The second-order valence-electron chi connectivity index (χ2n) is 7.27. The molecule has 1 saturated carbocycles. The molecule has 0 aromatic heterocycles. The van der Waals surface area contributed by atoms with E-state index in [2.05, 4.69) is 61.8 Å². The first-order chi connectivity index (χ1) is 11.9. The topological polar surface area (TPSA) is 56.1 Å². The summed E-state index contributed by atoms with van der Waals surface area (Å²) in [6, 6.07) is 8.31. The second-order valence-corrected chi connectivity index (χ2v) is 7.70. The maximum absolute atomic E-state index is 12.5. The van der Waals surface area contributed by atoms with Crippen LogP contribution in [0.4, 0.5) is 5.69 Å². The summed E-state index contributed by atoms with van der Waals surface area (Å²) >= 11 is 4.64. The fourth-order valence-corrected chi connectivity index (χ4v) is 4.51. The zero-order valence-electron chi connectivity index (χ0n) is 15.1. The molecule has 1 heterocycles. The second kappa shape index (κ2) is 6.76. The van der Waals surface area contributed by atoms with Gasteiger partial charge >= 0.3 is 0 Å². The van der Waals surface area contributed by atoms with E-state index >= 15 is 0 Å². The predicted molar refractivity (Wildman–Crippen MR) is 103 cm³/mol. The Morgan fingerprint density at radius 1 is 1.36 bits per heavy atom. The van der Waals surface area contributed by atoms with Crippen LogP contribution in [0.25, 0.3) is 0 Å². The molecule has 4 nitrogen and oxygen atoms in total. The summed E-state index contributed by atoms with van der Waals surface area (Å²) in [6.07, 6.45) is 5.05. The predicted octanol–water partition coefficient (Wildman–Crippen LogP) is 4.20. The average Bonchev–Trinajstić information content (AvgIpc) is 2.59. The van der Waals surface area contributed by atoms with Crippen LogP contribution in [0.2, 0.25) is 0 Å². The molecule has 1 N–H and O–H groups in total. The number of hydrogen-bond donors (Lipinski definition) is 2. The molecule has 1 spiro atoms. The summed E-state index contributed by atoms with van der Waals surface area (Å²) in [5.41, 5.74) is 2.89. The fourth-order valence-electron chi connectivity index (χ4n) is 4.06. The first-order valence-corrected chi connectivity index (χ1v) is 9.40. The van der Waals surface area contributed by atoms with E-state index in [-0.39, 0.29) is 11.5 Å². The van der Waals surface area contributed by atoms with Crippen molar-refractivity contribution < 1.29 is 4.79 Å². The number of carbonyl (C=O) groups excluding carboxylic acids is 1. The largest absolute Gasteiger partial charge is 0.328 e. The van der Waals surface area contributed by atoms with Gasteiger partial charge in [-0.15, -0.1) is 12.6 Å². The van der Waals surface area contributed by atoms with Crippen LogP contribution in [0.3, 0.4) is 0 Å². The SMILES string of the molecule is CCC1CCC2(CC1)NC(=O)C(C#N)=C(S)N2c1cc(C)ccc1C.